The van der Waals surface area contributed by atoms with Gasteiger partial charge in [0, 0.05) is 32.6 Å². The number of rotatable bonds is 8. The number of piperidine rings is 1. The average molecular weight is 454 g/mol. The molecule has 32 heavy (non-hydrogen) atoms. The van der Waals surface area contributed by atoms with Crippen LogP contribution in [0.25, 0.3) is 10.2 Å². The van der Waals surface area contributed by atoms with Crippen LogP contribution in [0.2, 0.25) is 0 Å². The van der Waals surface area contributed by atoms with Gasteiger partial charge in [0.15, 0.2) is 6.61 Å². The van der Waals surface area contributed by atoms with E-state index in [0.29, 0.717) is 5.19 Å². The Kier molecular flexibility index (Phi) is 7.34. The highest BCUT2D eigenvalue weighted by molar-refractivity contribution is 7.20. The second-order valence-corrected chi connectivity index (χ2v) is 8.90. The first kappa shape index (κ1) is 22.2. The number of esters is 1. The number of carbonyl (C=O) groups is 2. The molecule has 2 heterocycles. The van der Waals surface area contributed by atoms with Crippen molar-refractivity contribution in [3.8, 4) is 10.9 Å². The molecule has 4 rings (SSSR count). The van der Waals surface area contributed by atoms with Gasteiger partial charge in [-0.05, 0) is 49.1 Å². The molecular formula is C24H27N3O4S. The third-order valence-electron chi connectivity index (χ3n) is 5.48. The minimum Gasteiger partial charge on any atom is -0.456 e. The monoisotopic (exact) mass is 453 g/mol. The lowest BCUT2D eigenvalue weighted by Gasteiger charge is -2.32. The summed E-state index contributed by atoms with van der Waals surface area (Å²) in [6.07, 6.45) is 2.77. The number of hydrogen-bond donors (Lipinski definition) is 1. The fourth-order valence-corrected chi connectivity index (χ4v) is 4.58. The van der Waals surface area contributed by atoms with Crippen LogP contribution in [0.15, 0.2) is 48.5 Å². The Balaban J connectivity index is 1.19. The first-order valence-electron chi connectivity index (χ1n) is 10.8. The third kappa shape index (κ3) is 6.27. The van der Waals surface area contributed by atoms with Gasteiger partial charge in [-0.25, -0.2) is 4.98 Å². The molecule has 0 saturated carbocycles. The van der Waals surface area contributed by atoms with Gasteiger partial charge in [0.25, 0.3) is 11.1 Å². The van der Waals surface area contributed by atoms with Crippen LogP contribution in [0.1, 0.15) is 25.3 Å². The zero-order valence-corrected chi connectivity index (χ0v) is 18.9. The number of hydrogen-bond acceptors (Lipinski definition) is 7. The fourth-order valence-electron chi connectivity index (χ4n) is 3.74. The number of carbonyl (C=O) groups excluding carboxylic acids is 2. The van der Waals surface area contributed by atoms with E-state index in [1.54, 1.807) is 11.3 Å². The van der Waals surface area contributed by atoms with E-state index in [1.165, 1.54) is 12.5 Å². The van der Waals surface area contributed by atoms with Crippen LogP contribution < -0.4 is 10.1 Å². The van der Waals surface area contributed by atoms with Crippen molar-refractivity contribution < 1.29 is 19.1 Å². The Morgan fingerprint density at radius 1 is 1.12 bits per heavy atom. The number of fused-ring (bicyclic) bond motifs is 1. The number of nitrogens with zero attached hydrogens (tertiary/aromatic N) is 2. The molecule has 0 bridgehead atoms. The predicted molar refractivity (Wildman–Crippen MR) is 124 cm³/mol. The highest BCUT2D eigenvalue weighted by atomic mass is 32.1. The molecule has 1 aliphatic rings. The molecule has 0 atom stereocenters. The fraction of sp³-hybridized carbons (Fsp3) is 0.375. The minimum absolute atomic E-state index is 0.147. The van der Waals surface area contributed by atoms with E-state index in [4.69, 9.17) is 9.47 Å². The summed E-state index contributed by atoms with van der Waals surface area (Å²) in [5.41, 5.74) is 2.22. The Hall–Kier alpha value is -2.97. The molecule has 1 fully saturated rings. The topological polar surface area (TPSA) is 80.8 Å². The van der Waals surface area contributed by atoms with Crippen molar-refractivity contribution in [3.63, 3.8) is 0 Å². The molecule has 8 heteroatoms. The second-order valence-electron chi connectivity index (χ2n) is 7.91. The zero-order valence-electron chi connectivity index (χ0n) is 18.1. The highest BCUT2D eigenvalue weighted by Gasteiger charge is 2.20. The third-order valence-corrected chi connectivity index (χ3v) is 6.39. The first-order valence-corrected chi connectivity index (χ1v) is 11.6. The summed E-state index contributed by atoms with van der Waals surface area (Å²) in [5, 5.41) is 3.60. The van der Waals surface area contributed by atoms with E-state index in [9.17, 15) is 9.59 Å². The molecule has 0 radical (unpaired) electrons. The number of benzene rings is 2. The van der Waals surface area contributed by atoms with Crippen molar-refractivity contribution in [1.82, 2.24) is 15.2 Å². The standard InChI is InChI=1S/C24H27N3O4S/c1-17(28)30-16-23(29)25-19-11-14-27(15-12-19)13-10-18-6-8-20(9-7-18)31-24-26-21-4-2-3-5-22(21)32-24/h2-9,19H,10-16H2,1H3,(H,25,29). The van der Waals surface area contributed by atoms with E-state index in [1.807, 2.05) is 36.4 Å². The molecule has 1 saturated heterocycles. The van der Waals surface area contributed by atoms with Crippen molar-refractivity contribution in [3.05, 3.63) is 54.1 Å². The maximum Gasteiger partial charge on any atom is 0.303 e. The van der Waals surface area contributed by atoms with Crippen LogP contribution >= 0.6 is 11.3 Å². The number of ether oxygens (including phenoxy) is 2. The summed E-state index contributed by atoms with van der Waals surface area (Å²) >= 11 is 1.54. The lowest BCUT2D eigenvalue weighted by molar-refractivity contribution is -0.146. The highest BCUT2D eigenvalue weighted by Crippen LogP contribution is 2.31. The molecule has 2 aromatic carbocycles. The molecule has 0 unspecified atom stereocenters. The van der Waals surface area contributed by atoms with Gasteiger partial charge in [-0.1, -0.05) is 35.6 Å². The maximum absolute atomic E-state index is 11.8. The summed E-state index contributed by atoms with van der Waals surface area (Å²) in [6.45, 7) is 3.96. The number of nitrogens with one attached hydrogen (secondary N) is 1. The van der Waals surface area contributed by atoms with Gasteiger partial charge in [0.2, 0.25) is 0 Å². The Labute approximate surface area is 191 Å². The molecule has 3 aromatic rings. The number of aromatic nitrogens is 1. The van der Waals surface area contributed by atoms with E-state index in [2.05, 4.69) is 27.3 Å². The Morgan fingerprint density at radius 3 is 2.59 bits per heavy atom. The molecular weight excluding hydrogens is 426 g/mol. The summed E-state index contributed by atoms with van der Waals surface area (Å²) in [4.78, 5) is 29.5. The van der Waals surface area contributed by atoms with Gasteiger partial charge < -0.3 is 19.7 Å². The van der Waals surface area contributed by atoms with E-state index < -0.39 is 5.97 Å². The minimum atomic E-state index is -0.439. The van der Waals surface area contributed by atoms with E-state index in [-0.39, 0.29) is 18.6 Å². The Morgan fingerprint density at radius 2 is 1.88 bits per heavy atom. The largest absolute Gasteiger partial charge is 0.456 e. The smallest absolute Gasteiger partial charge is 0.303 e. The number of thiazole rings is 1. The molecule has 1 N–H and O–H groups in total. The lowest BCUT2D eigenvalue weighted by Crippen LogP contribution is -2.46. The summed E-state index contributed by atoms with van der Waals surface area (Å²) in [7, 11) is 0. The van der Waals surface area contributed by atoms with Crippen LogP contribution in [0, 0.1) is 0 Å². The molecule has 168 valence electrons. The summed E-state index contributed by atoms with van der Waals surface area (Å²) in [6, 6.07) is 16.3. The molecule has 1 aromatic heterocycles. The van der Waals surface area contributed by atoms with Crippen molar-refractivity contribution in [1.29, 1.82) is 0 Å². The molecule has 0 aliphatic carbocycles. The van der Waals surface area contributed by atoms with Crippen LogP contribution in [0.4, 0.5) is 0 Å². The average Bonchev–Trinajstić information content (AvgIpc) is 3.20. The SMILES string of the molecule is CC(=O)OCC(=O)NC1CCN(CCc2ccc(Oc3nc4ccccc4s3)cc2)CC1. The summed E-state index contributed by atoms with van der Waals surface area (Å²) in [5.74, 6) is 0.122. The van der Waals surface area contributed by atoms with Crippen LogP contribution in [0.5, 0.6) is 10.9 Å². The zero-order chi connectivity index (χ0) is 22.3. The molecule has 1 amide bonds. The summed E-state index contributed by atoms with van der Waals surface area (Å²) < 4.78 is 11.8. The normalized spacial score (nSPS) is 14.9. The number of amides is 1. The van der Waals surface area contributed by atoms with E-state index in [0.717, 1.165) is 54.9 Å². The van der Waals surface area contributed by atoms with Gasteiger partial charge in [-0.15, -0.1) is 0 Å². The van der Waals surface area contributed by atoms with Gasteiger partial charge in [-0.2, -0.15) is 0 Å². The van der Waals surface area contributed by atoms with Crippen LogP contribution in [-0.4, -0.2) is 54.0 Å². The quantitative estimate of drug-likeness (QED) is 0.523. The molecule has 7 nitrogen and oxygen atoms in total. The predicted octanol–water partition coefficient (Wildman–Crippen LogP) is 3.77. The maximum atomic E-state index is 11.8. The second kappa shape index (κ2) is 10.6. The van der Waals surface area contributed by atoms with Gasteiger partial charge in [-0.3, -0.25) is 9.59 Å². The first-order chi connectivity index (χ1) is 15.5. The number of para-hydroxylation sites is 1. The van der Waals surface area contributed by atoms with Crippen molar-refractivity contribution >= 4 is 33.4 Å². The van der Waals surface area contributed by atoms with E-state index >= 15 is 0 Å². The van der Waals surface area contributed by atoms with Gasteiger partial charge in [0.05, 0.1) is 10.2 Å². The van der Waals surface area contributed by atoms with Gasteiger partial charge >= 0.3 is 5.97 Å². The molecule has 1 aliphatic heterocycles. The van der Waals surface area contributed by atoms with Crippen LogP contribution in [-0.2, 0) is 20.7 Å². The van der Waals surface area contributed by atoms with Crippen molar-refractivity contribution in [2.75, 3.05) is 26.2 Å². The molecule has 0 spiro atoms. The Bertz CT molecular complexity index is 1030. The van der Waals surface area contributed by atoms with Crippen molar-refractivity contribution in [2.45, 2.75) is 32.2 Å². The van der Waals surface area contributed by atoms with Crippen LogP contribution in [0.3, 0.4) is 0 Å². The van der Waals surface area contributed by atoms with Gasteiger partial charge in [0.1, 0.15) is 5.75 Å². The van der Waals surface area contributed by atoms with Crippen molar-refractivity contribution in [2.24, 2.45) is 0 Å². The number of likely N-dealkylation sites (tertiary alicyclic amines) is 1. The lowest BCUT2D eigenvalue weighted by atomic mass is 10.0.